The van der Waals surface area contributed by atoms with E-state index in [2.05, 4.69) is 27.9 Å². The smallest absolute Gasteiger partial charge is 0.408 e. The molecular weight excluding hydrogens is 436 g/mol. The minimum absolute atomic E-state index is 0.108. The Morgan fingerprint density at radius 2 is 1.68 bits per heavy atom. The lowest BCUT2D eigenvalue weighted by atomic mass is 9.98. The highest BCUT2D eigenvalue weighted by molar-refractivity contribution is 5.87. The van der Waals surface area contributed by atoms with Gasteiger partial charge in [-0.3, -0.25) is 14.3 Å². The van der Waals surface area contributed by atoms with E-state index in [-0.39, 0.29) is 18.9 Å². The van der Waals surface area contributed by atoms with E-state index >= 15 is 0 Å². The molecule has 0 saturated carbocycles. The summed E-state index contributed by atoms with van der Waals surface area (Å²) in [5.74, 6) is -1.69. The number of carboxylic acid groups (broad SMARTS) is 1. The molecule has 0 radical (unpaired) electrons. The van der Waals surface area contributed by atoms with Crippen molar-refractivity contribution in [2.75, 3.05) is 6.61 Å². The third kappa shape index (κ3) is 4.93. The van der Waals surface area contributed by atoms with E-state index in [0.717, 1.165) is 22.3 Å². The number of amides is 2. The number of aliphatic carboxylic acids is 1. The van der Waals surface area contributed by atoms with E-state index in [1.165, 1.54) is 10.9 Å². The molecule has 1 unspecified atom stereocenters. The summed E-state index contributed by atoms with van der Waals surface area (Å²) in [4.78, 5) is 36.5. The van der Waals surface area contributed by atoms with Crippen LogP contribution in [-0.2, 0) is 21.4 Å². The largest absolute Gasteiger partial charge is 0.481 e. The van der Waals surface area contributed by atoms with Gasteiger partial charge in [0.05, 0.1) is 12.6 Å². The van der Waals surface area contributed by atoms with E-state index in [1.54, 1.807) is 20.2 Å². The summed E-state index contributed by atoms with van der Waals surface area (Å²) in [5, 5.41) is 18.2. The zero-order valence-corrected chi connectivity index (χ0v) is 18.9. The van der Waals surface area contributed by atoms with Gasteiger partial charge in [-0.05, 0) is 29.2 Å². The van der Waals surface area contributed by atoms with Crippen molar-refractivity contribution in [2.45, 2.75) is 31.3 Å². The number of aromatic nitrogens is 2. The van der Waals surface area contributed by atoms with Gasteiger partial charge < -0.3 is 20.5 Å². The summed E-state index contributed by atoms with van der Waals surface area (Å²) in [6.07, 6.45) is 2.08. The predicted octanol–water partition coefficient (Wildman–Crippen LogP) is 2.98. The lowest BCUT2D eigenvalue weighted by Gasteiger charge is -2.20. The Morgan fingerprint density at radius 1 is 1.06 bits per heavy atom. The number of carbonyl (C=O) groups is 3. The highest BCUT2D eigenvalue weighted by Crippen LogP contribution is 2.44. The number of rotatable bonds is 8. The Labute approximate surface area is 196 Å². The quantitative estimate of drug-likeness (QED) is 0.473. The molecule has 0 fully saturated rings. The maximum atomic E-state index is 12.9. The average molecular weight is 463 g/mol. The van der Waals surface area contributed by atoms with Gasteiger partial charge in [0.2, 0.25) is 5.91 Å². The van der Waals surface area contributed by atoms with Gasteiger partial charge in [0.25, 0.3) is 0 Å². The highest BCUT2D eigenvalue weighted by Gasteiger charge is 2.30. The van der Waals surface area contributed by atoms with Crippen molar-refractivity contribution in [3.05, 3.63) is 77.6 Å². The molecule has 2 atom stereocenters. The maximum absolute atomic E-state index is 12.9. The zero-order chi connectivity index (χ0) is 24.2. The molecule has 0 saturated heterocycles. The number of fused-ring (bicyclic) bond motifs is 3. The van der Waals surface area contributed by atoms with Gasteiger partial charge in [0.15, 0.2) is 0 Å². The van der Waals surface area contributed by atoms with Crippen LogP contribution < -0.4 is 10.6 Å². The molecule has 1 aliphatic carbocycles. The molecule has 3 N–H and O–H groups in total. The first-order valence-electron chi connectivity index (χ1n) is 11.0. The number of ether oxygens (including phenoxy) is 1. The summed E-state index contributed by atoms with van der Waals surface area (Å²) >= 11 is 0. The van der Waals surface area contributed by atoms with Gasteiger partial charge in [-0.15, -0.1) is 0 Å². The Balaban J connectivity index is 1.46. The lowest BCUT2D eigenvalue weighted by Crippen LogP contribution is -2.44. The number of hydrogen-bond acceptors (Lipinski definition) is 5. The van der Waals surface area contributed by atoms with Crippen LogP contribution in [-0.4, -0.2) is 45.5 Å². The van der Waals surface area contributed by atoms with E-state index < -0.39 is 30.1 Å². The van der Waals surface area contributed by atoms with E-state index in [1.807, 2.05) is 36.4 Å². The molecule has 3 aromatic rings. The molecule has 1 heterocycles. The van der Waals surface area contributed by atoms with Crippen LogP contribution in [0.1, 0.15) is 42.0 Å². The number of nitrogens with zero attached hydrogens (tertiary/aromatic N) is 2. The normalized spacial score (nSPS) is 13.9. The monoisotopic (exact) mass is 462 g/mol. The SMILES string of the molecule is C[C@@H](CC(=O)O)NC(=O)C(NC(=O)OCC1c2ccccc2-c2ccccc21)c1cnn(C)c1. The number of aryl methyl sites for hydroxylation is 1. The van der Waals surface area contributed by atoms with Gasteiger partial charge in [-0.2, -0.15) is 5.10 Å². The van der Waals surface area contributed by atoms with E-state index in [4.69, 9.17) is 9.84 Å². The minimum atomic E-state index is -1.08. The first kappa shape index (κ1) is 23.0. The number of nitrogens with one attached hydrogen (secondary N) is 2. The predicted molar refractivity (Wildman–Crippen MR) is 124 cm³/mol. The molecule has 9 heteroatoms. The Hall–Kier alpha value is -4.14. The van der Waals surface area contributed by atoms with Crippen LogP contribution in [0.15, 0.2) is 60.9 Å². The van der Waals surface area contributed by atoms with Gasteiger partial charge in [0, 0.05) is 30.8 Å². The van der Waals surface area contributed by atoms with E-state index in [0.29, 0.717) is 5.56 Å². The molecule has 176 valence electrons. The topological polar surface area (TPSA) is 123 Å². The molecule has 34 heavy (non-hydrogen) atoms. The van der Waals surface area contributed by atoms with Crippen LogP contribution in [0.4, 0.5) is 4.79 Å². The van der Waals surface area contributed by atoms with Crippen LogP contribution in [0.2, 0.25) is 0 Å². The van der Waals surface area contributed by atoms with E-state index in [9.17, 15) is 14.4 Å². The van der Waals surface area contributed by atoms with Crippen molar-refractivity contribution in [3.8, 4) is 11.1 Å². The molecule has 2 aromatic carbocycles. The fourth-order valence-electron chi connectivity index (χ4n) is 4.29. The molecule has 4 rings (SSSR count). The molecule has 0 bridgehead atoms. The Morgan fingerprint density at radius 3 is 2.24 bits per heavy atom. The summed E-state index contributed by atoms with van der Waals surface area (Å²) in [6.45, 7) is 1.69. The van der Waals surface area contributed by atoms with Gasteiger partial charge in [0.1, 0.15) is 12.6 Å². The summed E-state index contributed by atoms with van der Waals surface area (Å²) in [5.41, 5.74) is 4.86. The molecular formula is C25H26N4O5. The Kier molecular flexibility index (Phi) is 6.62. The second kappa shape index (κ2) is 9.78. The fraction of sp³-hybridized carbons (Fsp3) is 0.280. The van der Waals surface area contributed by atoms with Crippen LogP contribution in [0, 0.1) is 0 Å². The molecule has 1 aromatic heterocycles. The third-order valence-electron chi connectivity index (χ3n) is 5.80. The highest BCUT2D eigenvalue weighted by atomic mass is 16.5. The molecule has 0 aliphatic heterocycles. The zero-order valence-electron chi connectivity index (χ0n) is 18.9. The van der Waals surface area contributed by atoms with Crippen LogP contribution >= 0.6 is 0 Å². The molecule has 2 amide bonds. The second-order valence-electron chi connectivity index (χ2n) is 8.36. The number of alkyl carbamates (subject to hydrolysis) is 1. The number of hydrogen-bond donors (Lipinski definition) is 3. The van der Waals surface area contributed by atoms with Crippen molar-refractivity contribution in [2.24, 2.45) is 7.05 Å². The molecule has 1 aliphatic rings. The number of carbonyl (C=O) groups excluding carboxylic acids is 2. The van der Waals surface area contributed by atoms with Crippen molar-refractivity contribution in [3.63, 3.8) is 0 Å². The summed E-state index contributed by atoms with van der Waals surface area (Å²) in [7, 11) is 1.69. The summed E-state index contributed by atoms with van der Waals surface area (Å²) < 4.78 is 7.08. The van der Waals surface area contributed by atoms with Crippen molar-refractivity contribution in [1.82, 2.24) is 20.4 Å². The number of carboxylic acids is 1. The first-order chi connectivity index (χ1) is 16.3. The van der Waals surface area contributed by atoms with Crippen LogP contribution in [0.5, 0.6) is 0 Å². The maximum Gasteiger partial charge on any atom is 0.408 e. The average Bonchev–Trinajstić information content (AvgIpc) is 3.36. The second-order valence-corrected chi connectivity index (χ2v) is 8.36. The standard InChI is InChI=1S/C25H26N4O5/c1-15(11-22(30)31)27-24(32)23(16-12-26-29(2)13-16)28-25(33)34-14-21-19-9-5-3-7-17(19)18-8-4-6-10-20(18)21/h3-10,12-13,15,21,23H,11,14H2,1-2H3,(H,27,32)(H,28,33)(H,30,31)/t15-,23?/m0/s1. The van der Waals surface area contributed by atoms with Crippen LogP contribution in [0.25, 0.3) is 11.1 Å². The third-order valence-corrected chi connectivity index (χ3v) is 5.80. The fourth-order valence-corrected chi connectivity index (χ4v) is 4.29. The minimum Gasteiger partial charge on any atom is -0.481 e. The number of benzene rings is 2. The van der Waals surface area contributed by atoms with Crippen molar-refractivity contribution >= 4 is 18.0 Å². The first-order valence-corrected chi connectivity index (χ1v) is 11.0. The van der Waals surface area contributed by atoms with Gasteiger partial charge in [-0.25, -0.2) is 4.79 Å². The van der Waals surface area contributed by atoms with Gasteiger partial charge >= 0.3 is 12.1 Å². The molecule has 0 spiro atoms. The lowest BCUT2D eigenvalue weighted by molar-refractivity contribution is -0.137. The van der Waals surface area contributed by atoms with Crippen molar-refractivity contribution in [1.29, 1.82) is 0 Å². The molecule has 9 nitrogen and oxygen atoms in total. The van der Waals surface area contributed by atoms with Gasteiger partial charge in [-0.1, -0.05) is 48.5 Å². The summed E-state index contributed by atoms with van der Waals surface area (Å²) in [6, 6.07) is 14.3. The van der Waals surface area contributed by atoms with Crippen LogP contribution in [0.3, 0.4) is 0 Å². The Bertz CT molecular complexity index is 1180. The van der Waals surface area contributed by atoms with Crippen molar-refractivity contribution < 1.29 is 24.2 Å².